The van der Waals surface area contributed by atoms with Crippen LogP contribution < -0.4 is 0 Å². The van der Waals surface area contributed by atoms with Crippen LogP contribution in [0.1, 0.15) is 447 Å². The highest BCUT2D eigenvalue weighted by Gasteiger charge is 2.30. The number of unbranched alkanes of at least 4 members (excludes halogenated alkanes) is 51. The first-order valence-corrected chi connectivity index (χ1v) is 46.8. The van der Waals surface area contributed by atoms with Crippen molar-refractivity contribution in [1.29, 1.82) is 0 Å². The molecule has 19 heteroatoms. The predicted molar refractivity (Wildman–Crippen MR) is 428 cm³/mol. The van der Waals surface area contributed by atoms with Crippen LogP contribution in [0, 0.1) is 17.8 Å². The van der Waals surface area contributed by atoms with Crippen LogP contribution in [0.25, 0.3) is 0 Å². The largest absolute Gasteiger partial charge is 0.472 e. The summed E-state index contributed by atoms with van der Waals surface area (Å²) in [6.45, 7) is 12.0. The van der Waals surface area contributed by atoms with Crippen LogP contribution in [0.15, 0.2) is 0 Å². The Morgan fingerprint density at radius 2 is 0.442 bits per heavy atom. The van der Waals surface area contributed by atoms with Gasteiger partial charge in [-0.05, 0) is 43.4 Å². The van der Waals surface area contributed by atoms with Crippen molar-refractivity contribution in [1.82, 2.24) is 0 Å². The minimum atomic E-state index is -4.96. The average Bonchev–Trinajstić information content (AvgIpc) is 0.925. The molecule has 0 aliphatic heterocycles. The van der Waals surface area contributed by atoms with Gasteiger partial charge in [-0.25, -0.2) is 9.13 Å². The van der Waals surface area contributed by atoms with E-state index in [9.17, 15) is 43.2 Å². The van der Waals surface area contributed by atoms with E-state index in [0.717, 1.165) is 114 Å². The van der Waals surface area contributed by atoms with Gasteiger partial charge in [0.1, 0.15) is 19.3 Å². The van der Waals surface area contributed by atoms with Gasteiger partial charge in [-0.2, -0.15) is 0 Å². The number of hydrogen-bond donors (Lipinski definition) is 3. The summed E-state index contributed by atoms with van der Waals surface area (Å²) in [4.78, 5) is 73.1. The lowest BCUT2D eigenvalue weighted by molar-refractivity contribution is -0.161. The zero-order valence-electron chi connectivity index (χ0n) is 68.5. The van der Waals surface area contributed by atoms with E-state index in [1.165, 1.54) is 250 Å². The molecule has 0 aromatic rings. The van der Waals surface area contributed by atoms with E-state index in [2.05, 4.69) is 48.5 Å². The topological polar surface area (TPSA) is 237 Å². The SMILES string of the molecule is CCCCCCCCCCC(=O)OC[C@H](COP(=O)(O)OC[C@H](O)COP(=O)(O)OC[C@@H](COC(=O)CCCCCCCCCCCCCCCCCC(C)C)OC(=O)CCCCCCCCCCCCCCCCCCCCC(C)C)OC(=O)CCCCCCCCCCCCCCCCC(C)C. The first kappa shape index (κ1) is 102. The van der Waals surface area contributed by atoms with Crippen LogP contribution in [0.2, 0.25) is 0 Å². The summed E-state index contributed by atoms with van der Waals surface area (Å²) in [6.07, 6.45) is 65.3. The molecule has 17 nitrogen and oxygen atoms in total. The molecular weight excluding hydrogens is 1350 g/mol. The molecule has 0 fully saturated rings. The highest BCUT2D eigenvalue weighted by Crippen LogP contribution is 2.45. The second-order valence-electron chi connectivity index (χ2n) is 32.0. The molecule has 0 aliphatic carbocycles. The van der Waals surface area contributed by atoms with Crippen molar-refractivity contribution in [2.45, 2.75) is 465 Å². The molecule has 0 amide bonds. The molecule has 0 aliphatic rings. The van der Waals surface area contributed by atoms with Crippen LogP contribution in [-0.2, 0) is 65.4 Å². The third kappa shape index (κ3) is 78.2. The summed E-state index contributed by atoms with van der Waals surface area (Å²) in [6, 6.07) is 0. The van der Waals surface area contributed by atoms with Crippen LogP contribution in [-0.4, -0.2) is 96.7 Å². The minimum Gasteiger partial charge on any atom is -0.462 e. The van der Waals surface area contributed by atoms with Gasteiger partial charge >= 0.3 is 39.5 Å². The maximum atomic E-state index is 13.1. The maximum Gasteiger partial charge on any atom is 0.472 e. The fourth-order valence-electron chi connectivity index (χ4n) is 13.2. The molecule has 0 aromatic carbocycles. The number of carbonyl (C=O) groups is 4. The molecule has 0 aromatic heterocycles. The summed E-state index contributed by atoms with van der Waals surface area (Å²) in [7, 11) is -9.92. The van der Waals surface area contributed by atoms with Gasteiger partial charge in [-0.15, -0.1) is 0 Å². The Hall–Kier alpha value is -1.94. The summed E-state index contributed by atoms with van der Waals surface area (Å²) >= 11 is 0. The van der Waals surface area contributed by atoms with Crippen LogP contribution in [0.4, 0.5) is 0 Å². The monoisotopic (exact) mass is 1520 g/mol. The van der Waals surface area contributed by atoms with Gasteiger partial charge in [-0.3, -0.25) is 37.3 Å². The molecule has 0 radical (unpaired) electrons. The number of phosphoric acid groups is 2. The minimum absolute atomic E-state index is 0.107. The van der Waals surface area contributed by atoms with E-state index in [1.54, 1.807) is 0 Å². The Morgan fingerprint density at radius 1 is 0.260 bits per heavy atom. The molecule has 0 bridgehead atoms. The second kappa shape index (κ2) is 75.1. The number of esters is 4. The molecule has 104 heavy (non-hydrogen) atoms. The Balaban J connectivity index is 5.19. The molecule has 0 heterocycles. The zero-order chi connectivity index (χ0) is 76.5. The molecule has 0 spiro atoms. The van der Waals surface area contributed by atoms with Gasteiger partial charge in [0, 0.05) is 25.7 Å². The third-order valence-electron chi connectivity index (χ3n) is 19.9. The van der Waals surface area contributed by atoms with Crippen LogP contribution in [0.5, 0.6) is 0 Å². The van der Waals surface area contributed by atoms with Crippen molar-refractivity contribution < 1.29 is 80.2 Å². The first-order chi connectivity index (χ1) is 50.2. The van der Waals surface area contributed by atoms with Crippen molar-refractivity contribution in [3.63, 3.8) is 0 Å². The number of carbonyl (C=O) groups excluding carboxylic acids is 4. The van der Waals surface area contributed by atoms with Gasteiger partial charge in [-0.1, -0.05) is 395 Å². The number of hydrogen-bond acceptors (Lipinski definition) is 15. The molecule has 0 rings (SSSR count). The fourth-order valence-corrected chi connectivity index (χ4v) is 14.8. The number of ether oxygens (including phenoxy) is 4. The molecule has 3 N–H and O–H groups in total. The highest BCUT2D eigenvalue weighted by molar-refractivity contribution is 7.47. The van der Waals surface area contributed by atoms with Crippen molar-refractivity contribution in [3.8, 4) is 0 Å². The lowest BCUT2D eigenvalue weighted by atomic mass is 10.0. The summed E-state index contributed by atoms with van der Waals surface area (Å²) in [5.74, 6) is 0.314. The number of rotatable bonds is 83. The Labute approximate surface area is 638 Å². The van der Waals surface area contributed by atoms with E-state index >= 15 is 0 Å². The lowest BCUT2D eigenvalue weighted by Crippen LogP contribution is -2.30. The Kier molecular flexibility index (Phi) is 73.7. The van der Waals surface area contributed by atoms with Crippen molar-refractivity contribution in [3.05, 3.63) is 0 Å². The highest BCUT2D eigenvalue weighted by atomic mass is 31.2. The standard InChI is InChI=1S/C85H166O17P2/c1-8-9-10-11-12-45-52-59-66-82(87)95-72-80(101-84(89)69-62-55-48-41-35-29-23-22-26-32-38-44-51-58-65-78(6)7)74-99-103(91,92)97-70-79(86)71-98-104(93,94)100-75-81(73-96-83(88)67-60-53-46-39-33-27-21-17-19-25-31-37-43-50-57-64-77(4)5)102-85(90)68-61-54-47-40-34-28-20-16-14-13-15-18-24-30-36-42-49-56-63-76(2)3/h76-81,86H,8-75H2,1-7H3,(H,91,92)(H,93,94)/t79-,80+,81+/m0/s1. The van der Waals surface area contributed by atoms with Gasteiger partial charge in [0.2, 0.25) is 0 Å². The zero-order valence-corrected chi connectivity index (χ0v) is 70.3. The molecule has 2 unspecified atom stereocenters. The van der Waals surface area contributed by atoms with Gasteiger partial charge in [0.15, 0.2) is 12.2 Å². The lowest BCUT2D eigenvalue weighted by Gasteiger charge is -2.21. The predicted octanol–water partition coefficient (Wildman–Crippen LogP) is 25.7. The molecule has 618 valence electrons. The van der Waals surface area contributed by atoms with E-state index < -0.39 is 97.5 Å². The summed E-state index contributed by atoms with van der Waals surface area (Å²) in [5, 5.41) is 10.7. The third-order valence-corrected chi connectivity index (χ3v) is 21.8. The maximum absolute atomic E-state index is 13.1. The summed E-state index contributed by atoms with van der Waals surface area (Å²) in [5.41, 5.74) is 0. The quantitative estimate of drug-likeness (QED) is 0.0222. The number of aliphatic hydroxyl groups excluding tert-OH is 1. The molecular formula is C85H166O17P2. The van der Waals surface area contributed by atoms with Crippen molar-refractivity contribution in [2.75, 3.05) is 39.6 Å². The first-order valence-electron chi connectivity index (χ1n) is 43.8. The fraction of sp³-hybridized carbons (Fsp3) is 0.953. The normalized spacial score (nSPS) is 13.9. The van der Waals surface area contributed by atoms with E-state index in [4.69, 9.17) is 37.0 Å². The van der Waals surface area contributed by atoms with Crippen molar-refractivity contribution in [2.24, 2.45) is 17.8 Å². The second-order valence-corrected chi connectivity index (χ2v) is 34.9. The van der Waals surface area contributed by atoms with Gasteiger partial charge < -0.3 is 33.8 Å². The molecule has 0 saturated heterocycles. The van der Waals surface area contributed by atoms with E-state index in [1.807, 2.05) is 0 Å². The molecule has 0 saturated carbocycles. The van der Waals surface area contributed by atoms with Crippen LogP contribution >= 0.6 is 15.6 Å². The molecule has 5 atom stereocenters. The van der Waals surface area contributed by atoms with Crippen molar-refractivity contribution >= 4 is 39.5 Å². The van der Waals surface area contributed by atoms with Gasteiger partial charge in [0.05, 0.1) is 26.4 Å². The smallest absolute Gasteiger partial charge is 0.462 e. The average molecular weight is 1520 g/mol. The Bertz CT molecular complexity index is 2010. The van der Waals surface area contributed by atoms with Crippen LogP contribution in [0.3, 0.4) is 0 Å². The number of phosphoric ester groups is 2. The summed E-state index contributed by atoms with van der Waals surface area (Å²) < 4.78 is 68.8. The number of aliphatic hydroxyl groups is 1. The van der Waals surface area contributed by atoms with E-state index in [0.29, 0.717) is 25.7 Å². The van der Waals surface area contributed by atoms with Gasteiger partial charge in [0.25, 0.3) is 0 Å². The Morgan fingerprint density at radius 3 is 0.654 bits per heavy atom. The van der Waals surface area contributed by atoms with E-state index in [-0.39, 0.29) is 25.7 Å².